The van der Waals surface area contributed by atoms with Crippen molar-refractivity contribution in [3.05, 3.63) is 65.0 Å². The first-order valence-electron chi connectivity index (χ1n) is 13.7. The fourth-order valence-corrected chi connectivity index (χ4v) is 5.01. The summed E-state index contributed by atoms with van der Waals surface area (Å²) in [7, 11) is 1.86. The molecule has 0 radical (unpaired) electrons. The van der Waals surface area contributed by atoms with Crippen LogP contribution in [0.3, 0.4) is 0 Å². The van der Waals surface area contributed by atoms with Crippen LogP contribution in [0, 0.1) is 13.8 Å². The summed E-state index contributed by atoms with van der Waals surface area (Å²) in [4.78, 5) is 34.4. The average Bonchev–Trinajstić information content (AvgIpc) is 3.36. The fraction of sp³-hybridized carbons (Fsp3) is 0.467. The lowest BCUT2D eigenvalue weighted by atomic mass is 9.87. The van der Waals surface area contributed by atoms with Crippen molar-refractivity contribution in [1.29, 1.82) is 0 Å². The van der Waals surface area contributed by atoms with Gasteiger partial charge in [-0.25, -0.2) is 0 Å². The molecular formula is C30H41ClN6O3. The predicted octanol–water partition coefficient (Wildman–Crippen LogP) is 3.71. The second kappa shape index (κ2) is 14.4. The number of benzene rings is 2. The van der Waals surface area contributed by atoms with E-state index in [1.165, 1.54) is 11.1 Å². The van der Waals surface area contributed by atoms with Gasteiger partial charge in [0.2, 0.25) is 23.5 Å². The maximum absolute atomic E-state index is 13.5. The van der Waals surface area contributed by atoms with Crippen LogP contribution in [0.15, 0.2) is 47.0 Å². The maximum Gasteiger partial charge on any atom is 0.241 e. The average molecular weight is 569 g/mol. The lowest BCUT2D eigenvalue weighted by Crippen LogP contribution is -2.47. The number of rotatable bonds is 11. The van der Waals surface area contributed by atoms with E-state index in [-0.39, 0.29) is 43.4 Å². The molecule has 2 aromatic carbocycles. The van der Waals surface area contributed by atoms with Crippen LogP contribution < -0.4 is 15.5 Å². The summed E-state index contributed by atoms with van der Waals surface area (Å²) in [5, 5.41) is 10.5. The van der Waals surface area contributed by atoms with Crippen LogP contribution in [0.2, 0.25) is 0 Å². The molecule has 4 rings (SSSR count). The van der Waals surface area contributed by atoms with Crippen LogP contribution in [0.1, 0.15) is 42.8 Å². The van der Waals surface area contributed by atoms with Crippen molar-refractivity contribution < 1.29 is 14.1 Å². The zero-order chi connectivity index (χ0) is 27.9. The van der Waals surface area contributed by atoms with Crippen molar-refractivity contribution in [2.75, 3.05) is 38.1 Å². The van der Waals surface area contributed by atoms with Crippen LogP contribution in [-0.4, -0.2) is 72.2 Å². The highest BCUT2D eigenvalue weighted by Gasteiger charge is 2.25. The molecule has 1 aliphatic rings. The third-order valence-corrected chi connectivity index (χ3v) is 7.29. The van der Waals surface area contributed by atoms with Gasteiger partial charge in [0, 0.05) is 50.4 Å². The fourth-order valence-electron chi connectivity index (χ4n) is 5.01. The standard InChI is InChI=1S/C30H40N6O3.ClH/c1-20(2)32-14-15-36(27-17-25(11-10-21(27)3)30-33-22(4)39-34-30)29(38)19-31-18-28(37)35(5)26-13-12-23-8-6-7-9-24(23)16-26;/h6-11,17,20,26,31-32H,12-16,18-19H2,1-5H3;1H. The molecule has 10 heteroatoms. The van der Waals surface area contributed by atoms with E-state index in [4.69, 9.17) is 4.52 Å². The number of hydrogen-bond donors (Lipinski definition) is 2. The van der Waals surface area contributed by atoms with Gasteiger partial charge in [0.1, 0.15) is 0 Å². The summed E-state index contributed by atoms with van der Waals surface area (Å²) in [5.74, 6) is 0.856. The number of hydrogen-bond acceptors (Lipinski definition) is 7. The Morgan fingerprint density at radius 3 is 2.50 bits per heavy atom. The van der Waals surface area contributed by atoms with Gasteiger partial charge in [-0.15, -0.1) is 12.4 Å². The molecule has 0 saturated carbocycles. The molecule has 3 aromatic rings. The highest BCUT2D eigenvalue weighted by Crippen LogP contribution is 2.27. The molecule has 0 saturated heterocycles. The third-order valence-electron chi connectivity index (χ3n) is 7.29. The molecule has 0 bridgehead atoms. The largest absolute Gasteiger partial charge is 0.341 e. The summed E-state index contributed by atoms with van der Waals surface area (Å²) in [5.41, 5.74) is 5.22. The Kier molecular flexibility index (Phi) is 11.2. The molecule has 1 atom stereocenters. The lowest BCUT2D eigenvalue weighted by molar-refractivity contribution is -0.131. The number of carbonyl (C=O) groups excluding carboxylic acids is 2. The Morgan fingerprint density at radius 1 is 1.07 bits per heavy atom. The van der Waals surface area contributed by atoms with Gasteiger partial charge in [-0.1, -0.05) is 55.4 Å². The smallest absolute Gasteiger partial charge is 0.241 e. The molecule has 0 fully saturated rings. The van der Waals surface area contributed by atoms with E-state index in [0.29, 0.717) is 30.8 Å². The summed E-state index contributed by atoms with van der Waals surface area (Å²) in [6, 6.07) is 14.7. The summed E-state index contributed by atoms with van der Waals surface area (Å²) >= 11 is 0. The molecule has 1 aliphatic carbocycles. The number of aromatic nitrogens is 2. The molecule has 2 amide bonds. The first-order valence-corrected chi connectivity index (χ1v) is 13.7. The van der Waals surface area contributed by atoms with Crippen LogP contribution in [0.25, 0.3) is 11.4 Å². The van der Waals surface area contributed by atoms with Gasteiger partial charge in [0.25, 0.3) is 0 Å². The van der Waals surface area contributed by atoms with Gasteiger partial charge < -0.3 is 19.6 Å². The molecule has 1 heterocycles. The number of anilines is 1. The maximum atomic E-state index is 13.5. The zero-order valence-corrected chi connectivity index (χ0v) is 24.9. The van der Waals surface area contributed by atoms with Gasteiger partial charge in [0.05, 0.1) is 13.1 Å². The van der Waals surface area contributed by atoms with Gasteiger partial charge in [-0.05, 0) is 48.9 Å². The van der Waals surface area contributed by atoms with Crippen molar-refractivity contribution >= 4 is 29.9 Å². The number of fused-ring (bicyclic) bond motifs is 1. The molecule has 1 unspecified atom stereocenters. The molecule has 9 nitrogen and oxygen atoms in total. The first kappa shape index (κ1) is 31.3. The normalized spacial score (nSPS) is 14.4. The number of nitrogens with one attached hydrogen (secondary N) is 2. The van der Waals surface area contributed by atoms with Crippen LogP contribution >= 0.6 is 12.4 Å². The van der Waals surface area contributed by atoms with Crippen molar-refractivity contribution in [3.8, 4) is 11.4 Å². The molecule has 40 heavy (non-hydrogen) atoms. The second-order valence-electron chi connectivity index (χ2n) is 10.6. The number of carbonyl (C=O) groups is 2. The number of halogens is 1. The van der Waals surface area contributed by atoms with Gasteiger partial charge in [-0.3, -0.25) is 14.9 Å². The molecule has 0 aliphatic heterocycles. The lowest BCUT2D eigenvalue weighted by Gasteiger charge is -2.32. The Bertz CT molecular complexity index is 1290. The molecule has 216 valence electrons. The molecular weight excluding hydrogens is 528 g/mol. The van der Waals surface area contributed by atoms with E-state index in [9.17, 15) is 9.59 Å². The SMILES string of the molecule is Cc1nc(-c2ccc(C)c(N(CCNC(C)C)C(=O)CNCC(=O)N(C)C3CCc4ccccc4C3)c2)no1.Cl. The van der Waals surface area contributed by atoms with E-state index in [1.807, 2.05) is 37.1 Å². The van der Waals surface area contributed by atoms with Crippen LogP contribution in [0.4, 0.5) is 5.69 Å². The van der Waals surface area contributed by atoms with Crippen molar-refractivity contribution in [3.63, 3.8) is 0 Å². The zero-order valence-electron chi connectivity index (χ0n) is 24.1. The van der Waals surface area contributed by atoms with E-state index >= 15 is 0 Å². The summed E-state index contributed by atoms with van der Waals surface area (Å²) in [6.07, 6.45) is 2.79. The van der Waals surface area contributed by atoms with E-state index in [2.05, 4.69) is 58.9 Å². The Hall–Kier alpha value is -3.27. The molecule has 1 aromatic heterocycles. The number of nitrogens with zero attached hydrogens (tertiary/aromatic N) is 4. The van der Waals surface area contributed by atoms with Crippen LogP contribution in [0.5, 0.6) is 0 Å². The van der Waals surface area contributed by atoms with E-state index in [0.717, 1.165) is 36.1 Å². The van der Waals surface area contributed by atoms with Gasteiger partial charge in [0.15, 0.2) is 0 Å². The van der Waals surface area contributed by atoms with Crippen molar-refractivity contribution in [1.82, 2.24) is 25.7 Å². The summed E-state index contributed by atoms with van der Waals surface area (Å²) in [6.45, 7) is 9.17. The predicted molar refractivity (Wildman–Crippen MR) is 160 cm³/mol. The number of amides is 2. The Morgan fingerprint density at radius 2 is 1.80 bits per heavy atom. The van der Waals surface area contributed by atoms with Gasteiger partial charge in [-0.2, -0.15) is 4.98 Å². The monoisotopic (exact) mass is 568 g/mol. The quantitative estimate of drug-likeness (QED) is 0.363. The topological polar surface area (TPSA) is 104 Å². The highest BCUT2D eigenvalue weighted by molar-refractivity contribution is 5.96. The number of likely N-dealkylation sites (N-methyl/N-ethyl adjacent to an activating group) is 1. The van der Waals surface area contributed by atoms with Crippen molar-refractivity contribution in [2.45, 2.75) is 59.0 Å². The van der Waals surface area contributed by atoms with Crippen molar-refractivity contribution in [2.24, 2.45) is 0 Å². The van der Waals surface area contributed by atoms with E-state index < -0.39 is 0 Å². The Balaban J connectivity index is 0.00000441. The first-order chi connectivity index (χ1) is 18.7. The van der Waals surface area contributed by atoms with Crippen LogP contribution in [-0.2, 0) is 22.4 Å². The molecule has 2 N–H and O–H groups in total. The van der Waals surface area contributed by atoms with E-state index in [1.54, 1.807) is 11.8 Å². The highest BCUT2D eigenvalue weighted by atomic mass is 35.5. The summed E-state index contributed by atoms with van der Waals surface area (Å²) < 4.78 is 5.15. The number of aryl methyl sites for hydroxylation is 3. The Labute approximate surface area is 243 Å². The minimum Gasteiger partial charge on any atom is -0.341 e. The second-order valence-corrected chi connectivity index (χ2v) is 10.6. The molecule has 0 spiro atoms. The van der Waals surface area contributed by atoms with Gasteiger partial charge >= 0.3 is 0 Å². The minimum atomic E-state index is -0.104. The minimum absolute atomic E-state index is 0. The third kappa shape index (κ3) is 7.90.